The molecule has 0 rings (SSSR count). The Bertz CT molecular complexity index is 197. The van der Waals surface area contributed by atoms with Gasteiger partial charge in [0.2, 0.25) is 0 Å². The molecule has 0 aliphatic rings. The first-order valence-corrected chi connectivity index (χ1v) is 9.01. The number of rotatable bonds is 16. The molecule has 3 nitrogen and oxygen atoms in total. The first-order valence-electron chi connectivity index (χ1n) is 9.01. The lowest BCUT2D eigenvalue weighted by atomic mass is 10.2. The van der Waals surface area contributed by atoms with Crippen molar-refractivity contribution >= 4 is 0 Å². The largest absolute Gasteiger partial charge is 0.379 e. The molecule has 0 aromatic rings. The van der Waals surface area contributed by atoms with Gasteiger partial charge in [-0.15, -0.1) is 0 Å². The van der Waals surface area contributed by atoms with Crippen molar-refractivity contribution in [3.05, 3.63) is 0 Å². The van der Waals surface area contributed by atoms with Crippen molar-refractivity contribution in [2.24, 2.45) is 0 Å². The molecule has 0 fully saturated rings. The van der Waals surface area contributed by atoms with E-state index in [2.05, 4.69) is 27.7 Å². The minimum atomic E-state index is 0.155. The molecule has 0 heterocycles. The molecular formula is C18H38O3. The van der Waals surface area contributed by atoms with Crippen LogP contribution < -0.4 is 0 Å². The fourth-order valence-electron chi connectivity index (χ4n) is 2.09. The average Bonchev–Trinajstić information content (AvgIpc) is 2.48. The third kappa shape index (κ3) is 16.1. The summed E-state index contributed by atoms with van der Waals surface area (Å²) < 4.78 is 17.1. The average molecular weight is 302 g/mol. The Labute approximate surface area is 132 Å². The van der Waals surface area contributed by atoms with Crippen LogP contribution in [-0.4, -0.2) is 38.6 Å². The predicted octanol–water partition coefficient (Wildman–Crippen LogP) is 4.97. The molecule has 0 aromatic carbocycles. The standard InChI is InChI=1S/C18H38O3/c1-5-7-9-11-13-19-15-17(3)21-16-18(4)20-14-12-10-8-6-2/h17-18H,5-16H2,1-4H3. The van der Waals surface area contributed by atoms with Crippen molar-refractivity contribution in [1.29, 1.82) is 0 Å². The monoisotopic (exact) mass is 302 g/mol. The summed E-state index contributed by atoms with van der Waals surface area (Å²) in [5.74, 6) is 0. The Hall–Kier alpha value is -0.120. The van der Waals surface area contributed by atoms with Crippen LogP contribution >= 0.6 is 0 Å². The maximum Gasteiger partial charge on any atom is 0.0781 e. The minimum Gasteiger partial charge on any atom is -0.379 e. The van der Waals surface area contributed by atoms with Gasteiger partial charge in [-0.05, 0) is 26.7 Å². The third-order valence-electron chi connectivity index (χ3n) is 3.51. The predicted molar refractivity (Wildman–Crippen MR) is 89.9 cm³/mol. The molecule has 0 spiro atoms. The van der Waals surface area contributed by atoms with E-state index in [0.717, 1.165) is 26.1 Å². The zero-order chi connectivity index (χ0) is 15.8. The fourth-order valence-corrected chi connectivity index (χ4v) is 2.09. The van der Waals surface area contributed by atoms with E-state index in [-0.39, 0.29) is 12.2 Å². The lowest BCUT2D eigenvalue weighted by Gasteiger charge is -2.18. The van der Waals surface area contributed by atoms with E-state index in [1.807, 2.05) is 0 Å². The molecule has 3 heteroatoms. The Morgan fingerprint density at radius 2 is 1.19 bits per heavy atom. The van der Waals surface area contributed by atoms with Gasteiger partial charge in [0.05, 0.1) is 25.4 Å². The first-order chi connectivity index (χ1) is 10.2. The molecule has 2 atom stereocenters. The van der Waals surface area contributed by atoms with Crippen LogP contribution in [0.5, 0.6) is 0 Å². The van der Waals surface area contributed by atoms with Crippen molar-refractivity contribution in [3.63, 3.8) is 0 Å². The SMILES string of the molecule is CCCCCCOCC(C)OCC(C)OCCCCCC. The zero-order valence-corrected chi connectivity index (χ0v) is 14.9. The molecule has 21 heavy (non-hydrogen) atoms. The molecule has 2 unspecified atom stereocenters. The molecule has 0 aliphatic carbocycles. The highest BCUT2D eigenvalue weighted by atomic mass is 16.6. The molecule has 128 valence electrons. The third-order valence-corrected chi connectivity index (χ3v) is 3.51. The van der Waals surface area contributed by atoms with E-state index in [1.165, 1.54) is 38.5 Å². The van der Waals surface area contributed by atoms with Gasteiger partial charge in [0.15, 0.2) is 0 Å². The van der Waals surface area contributed by atoms with Crippen molar-refractivity contribution in [3.8, 4) is 0 Å². The fraction of sp³-hybridized carbons (Fsp3) is 1.00. The molecular weight excluding hydrogens is 264 g/mol. The second-order valence-electron chi connectivity index (χ2n) is 6.02. The highest BCUT2D eigenvalue weighted by Crippen LogP contribution is 2.03. The summed E-state index contributed by atoms with van der Waals surface area (Å²) in [6.07, 6.45) is 10.4. The second kappa shape index (κ2) is 16.3. The van der Waals surface area contributed by atoms with Crippen LogP contribution in [0.25, 0.3) is 0 Å². The van der Waals surface area contributed by atoms with Crippen LogP contribution in [0.3, 0.4) is 0 Å². The first kappa shape index (κ1) is 20.9. The minimum absolute atomic E-state index is 0.155. The van der Waals surface area contributed by atoms with E-state index in [0.29, 0.717) is 13.2 Å². The molecule has 0 aromatic heterocycles. The van der Waals surface area contributed by atoms with E-state index >= 15 is 0 Å². The topological polar surface area (TPSA) is 27.7 Å². The Kier molecular flexibility index (Phi) is 16.2. The van der Waals surface area contributed by atoms with Gasteiger partial charge in [0.1, 0.15) is 0 Å². The van der Waals surface area contributed by atoms with Crippen LogP contribution in [0, 0.1) is 0 Å². The number of hydrogen-bond donors (Lipinski definition) is 0. The van der Waals surface area contributed by atoms with Gasteiger partial charge < -0.3 is 14.2 Å². The molecule has 0 aliphatic heterocycles. The van der Waals surface area contributed by atoms with Crippen molar-refractivity contribution in [2.75, 3.05) is 26.4 Å². The van der Waals surface area contributed by atoms with Gasteiger partial charge >= 0.3 is 0 Å². The van der Waals surface area contributed by atoms with Gasteiger partial charge in [-0.2, -0.15) is 0 Å². The van der Waals surface area contributed by atoms with Crippen LogP contribution in [0.4, 0.5) is 0 Å². The van der Waals surface area contributed by atoms with Gasteiger partial charge in [0.25, 0.3) is 0 Å². The summed E-state index contributed by atoms with van der Waals surface area (Å²) in [6, 6.07) is 0. The normalized spacial score (nSPS) is 14.3. The van der Waals surface area contributed by atoms with Gasteiger partial charge in [-0.3, -0.25) is 0 Å². The molecule has 0 amide bonds. The lowest BCUT2D eigenvalue weighted by Crippen LogP contribution is -2.24. The molecule has 0 radical (unpaired) electrons. The maximum atomic E-state index is 5.76. The van der Waals surface area contributed by atoms with Crippen molar-refractivity contribution in [2.45, 2.75) is 91.3 Å². The molecule has 0 saturated carbocycles. The summed E-state index contributed by atoms with van der Waals surface area (Å²) in [7, 11) is 0. The number of hydrogen-bond acceptors (Lipinski definition) is 3. The Morgan fingerprint density at radius 1 is 0.619 bits per heavy atom. The van der Waals surface area contributed by atoms with Crippen molar-refractivity contribution < 1.29 is 14.2 Å². The lowest BCUT2D eigenvalue weighted by molar-refractivity contribution is -0.0577. The van der Waals surface area contributed by atoms with Gasteiger partial charge in [-0.1, -0.05) is 52.4 Å². The van der Waals surface area contributed by atoms with Crippen LogP contribution in [0.2, 0.25) is 0 Å². The summed E-state index contributed by atoms with van der Waals surface area (Å²) in [5, 5.41) is 0. The molecule has 0 bridgehead atoms. The highest BCUT2D eigenvalue weighted by Gasteiger charge is 2.07. The Morgan fingerprint density at radius 3 is 1.81 bits per heavy atom. The molecule has 0 N–H and O–H groups in total. The second-order valence-corrected chi connectivity index (χ2v) is 6.02. The van der Waals surface area contributed by atoms with Crippen LogP contribution in [-0.2, 0) is 14.2 Å². The zero-order valence-electron chi connectivity index (χ0n) is 14.9. The smallest absolute Gasteiger partial charge is 0.0781 e. The van der Waals surface area contributed by atoms with E-state index in [9.17, 15) is 0 Å². The number of ether oxygens (including phenoxy) is 3. The number of unbranched alkanes of at least 4 members (excludes halogenated alkanes) is 6. The van der Waals surface area contributed by atoms with Crippen molar-refractivity contribution in [1.82, 2.24) is 0 Å². The van der Waals surface area contributed by atoms with E-state index in [4.69, 9.17) is 14.2 Å². The Balaban J connectivity index is 3.32. The molecule has 0 saturated heterocycles. The van der Waals surface area contributed by atoms with Crippen LogP contribution in [0.15, 0.2) is 0 Å². The van der Waals surface area contributed by atoms with Crippen LogP contribution in [0.1, 0.15) is 79.1 Å². The van der Waals surface area contributed by atoms with Gasteiger partial charge in [0, 0.05) is 13.2 Å². The highest BCUT2D eigenvalue weighted by molar-refractivity contribution is 4.53. The summed E-state index contributed by atoms with van der Waals surface area (Å²) in [4.78, 5) is 0. The van der Waals surface area contributed by atoms with E-state index < -0.39 is 0 Å². The van der Waals surface area contributed by atoms with E-state index in [1.54, 1.807) is 0 Å². The van der Waals surface area contributed by atoms with Gasteiger partial charge in [-0.25, -0.2) is 0 Å². The maximum absolute atomic E-state index is 5.76. The summed E-state index contributed by atoms with van der Waals surface area (Å²) in [6.45, 7) is 11.7. The summed E-state index contributed by atoms with van der Waals surface area (Å²) >= 11 is 0. The summed E-state index contributed by atoms with van der Waals surface area (Å²) in [5.41, 5.74) is 0. The quantitative estimate of drug-likeness (QED) is 0.377.